The van der Waals surface area contributed by atoms with Crippen LogP contribution in [0.25, 0.3) is 0 Å². The molecule has 1 saturated carbocycles. The number of rotatable bonds is 5. The number of hydrogen-bond acceptors (Lipinski definition) is 4. The van der Waals surface area contributed by atoms with Gasteiger partial charge >= 0.3 is 0 Å². The number of carbonyl (C=O) groups is 1. The van der Waals surface area contributed by atoms with Gasteiger partial charge in [0.1, 0.15) is 0 Å². The number of fused-ring (bicyclic) bond motifs is 1. The molecule has 3 rings (SSSR count). The predicted octanol–water partition coefficient (Wildman–Crippen LogP) is 1.35. The highest BCUT2D eigenvalue weighted by Gasteiger charge is 2.25. The summed E-state index contributed by atoms with van der Waals surface area (Å²) >= 11 is 0. The molecule has 1 aliphatic carbocycles. The first-order chi connectivity index (χ1) is 9.75. The van der Waals surface area contributed by atoms with Crippen molar-refractivity contribution in [3.8, 4) is 0 Å². The average Bonchev–Trinajstić information content (AvgIpc) is 3.31. The maximum absolute atomic E-state index is 12.3. The van der Waals surface area contributed by atoms with E-state index in [4.69, 9.17) is 0 Å². The zero-order valence-electron chi connectivity index (χ0n) is 11.9. The Morgan fingerprint density at radius 1 is 1.35 bits per heavy atom. The van der Waals surface area contributed by atoms with Gasteiger partial charge in [0, 0.05) is 32.2 Å². The topological polar surface area (TPSA) is 56.4 Å². The molecule has 5 nitrogen and oxygen atoms in total. The molecule has 1 heterocycles. The maximum Gasteiger partial charge on any atom is 0.253 e. The molecule has 1 aromatic carbocycles. The first kappa shape index (κ1) is 13.2. The number of para-hydroxylation sites is 1. The van der Waals surface area contributed by atoms with Crippen molar-refractivity contribution in [2.45, 2.75) is 18.9 Å². The number of carbonyl (C=O) groups excluding carboxylic acids is 1. The molecule has 0 aromatic heterocycles. The third-order valence-corrected chi connectivity index (χ3v) is 3.97. The van der Waals surface area contributed by atoms with Crippen molar-refractivity contribution in [3.05, 3.63) is 23.8 Å². The van der Waals surface area contributed by atoms with Crippen molar-refractivity contribution in [2.24, 2.45) is 0 Å². The summed E-state index contributed by atoms with van der Waals surface area (Å²) < 4.78 is 0. The van der Waals surface area contributed by atoms with Crippen molar-refractivity contribution >= 4 is 17.3 Å². The van der Waals surface area contributed by atoms with Gasteiger partial charge in [-0.05, 0) is 32.0 Å². The Morgan fingerprint density at radius 3 is 2.95 bits per heavy atom. The molecule has 2 aliphatic rings. The van der Waals surface area contributed by atoms with Crippen LogP contribution in [0.5, 0.6) is 0 Å². The van der Waals surface area contributed by atoms with Crippen LogP contribution in [0.4, 0.5) is 11.4 Å². The molecule has 0 atom stereocenters. The van der Waals surface area contributed by atoms with E-state index in [1.54, 1.807) is 0 Å². The van der Waals surface area contributed by atoms with E-state index in [0.29, 0.717) is 6.54 Å². The summed E-state index contributed by atoms with van der Waals surface area (Å²) in [6.07, 6.45) is 2.60. The molecular formula is C15H22N4O. The molecular weight excluding hydrogens is 252 g/mol. The molecule has 1 fully saturated rings. The number of benzene rings is 1. The van der Waals surface area contributed by atoms with Crippen LogP contribution < -0.4 is 16.0 Å². The summed E-state index contributed by atoms with van der Waals surface area (Å²) in [5.74, 6) is 0.00208. The lowest BCUT2D eigenvalue weighted by Gasteiger charge is -2.22. The van der Waals surface area contributed by atoms with E-state index in [1.165, 1.54) is 12.8 Å². The zero-order valence-corrected chi connectivity index (χ0v) is 11.9. The van der Waals surface area contributed by atoms with Crippen LogP contribution in [0.1, 0.15) is 23.2 Å². The van der Waals surface area contributed by atoms with Gasteiger partial charge in [-0.15, -0.1) is 0 Å². The van der Waals surface area contributed by atoms with E-state index in [2.05, 4.69) is 27.9 Å². The highest BCUT2D eigenvalue weighted by molar-refractivity contribution is 6.02. The van der Waals surface area contributed by atoms with E-state index in [0.717, 1.165) is 42.6 Å². The van der Waals surface area contributed by atoms with Crippen molar-refractivity contribution in [1.29, 1.82) is 0 Å². The van der Waals surface area contributed by atoms with Gasteiger partial charge in [0.05, 0.1) is 16.9 Å². The second kappa shape index (κ2) is 5.71. The Hall–Kier alpha value is -1.75. The third-order valence-electron chi connectivity index (χ3n) is 3.97. The molecule has 0 spiro atoms. The molecule has 0 saturated heterocycles. The van der Waals surface area contributed by atoms with Crippen molar-refractivity contribution in [1.82, 2.24) is 10.2 Å². The summed E-state index contributed by atoms with van der Waals surface area (Å²) in [6, 6.07) is 6.53. The number of likely N-dealkylation sites (N-methyl/N-ethyl adjacent to an activating group) is 1. The Kier molecular flexibility index (Phi) is 3.78. The van der Waals surface area contributed by atoms with Gasteiger partial charge in [-0.2, -0.15) is 0 Å². The lowest BCUT2D eigenvalue weighted by Crippen LogP contribution is -2.34. The second-order valence-corrected chi connectivity index (χ2v) is 5.55. The molecule has 20 heavy (non-hydrogen) atoms. The minimum atomic E-state index is 0.00208. The monoisotopic (exact) mass is 274 g/mol. The second-order valence-electron chi connectivity index (χ2n) is 5.55. The highest BCUT2D eigenvalue weighted by atomic mass is 16.1. The van der Waals surface area contributed by atoms with Gasteiger partial charge in [-0.3, -0.25) is 4.79 Å². The molecule has 1 amide bonds. The Bertz CT molecular complexity index is 499. The van der Waals surface area contributed by atoms with Crippen LogP contribution in [0, 0.1) is 0 Å². The smallest absolute Gasteiger partial charge is 0.253 e. The summed E-state index contributed by atoms with van der Waals surface area (Å²) in [6.45, 7) is 3.35. The van der Waals surface area contributed by atoms with Crippen molar-refractivity contribution in [3.63, 3.8) is 0 Å². The SMILES string of the molecule is CN(CCNC(=O)c1cccc2c1NCCN2)C1CC1. The van der Waals surface area contributed by atoms with Crippen LogP contribution in [0.15, 0.2) is 18.2 Å². The standard InChI is InChI=1S/C15H22N4O/c1-19(11-5-6-11)10-9-18-15(20)12-3-2-4-13-14(12)17-8-7-16-13/h2-4,11,16-17H,5-10H2,1H3,(H,18,20). The molecule has 5 heteroatoms. The van der Waals surface area contributed by atoms with E-state index in [-0.39, 0.29) is 5.91 Å². The largest absolute Gasteiger partial charge is 0.382 e. The molecule has 0 bridgehead atoms. The number of hydrogen-bond donors (Lipinski definition) is 3. The fraction of sp³-hybridized carbons (Fsp3) is 0.533. The van der Waals surface area contributed by atoms with Crippen LogP contribution in [-0.4, -0.2) is 50.1 Å². The quantitative estimate of drug-likeness (QED) is 0.758. The molecule has 0 unspecified atom stereocenters. The van der Waals surface area contributed by atoms with Gasteiger partial charge in [-0.25, -0.2) is 0 Å². The summed E-state index contributed by atoms with van der Waals surface area (Å²) in [5.41, 5.74) is 2.66. The minimum absolute atomic E-state index is 0.00208. The lowest BCUT2D eigenvalue weighted by atomic mass is 10.1. The molecule has 108 valence electrons. The van der Waals surface area contributed by atoms with Crippen LogP contribution in [0.3, 0.4) is 0 Å². The predicted molar refractivity (Wildman–Crippen MR) is 81.4 cm³/mol. The minimum Gasteiger partial charge on any atom is -0.382 e. The van der Waals surface area contributed by atoms with Crippen LogP contribution in [0.2, 0.25) is 0 Å². The Labute approximate surface area is 119 Å². The normalized spacial score (nSPS) is 17.1. The fourth-order valence-corrected chi connectivity index (χ4v) is 2.60. The van der Waals surface area contributed by atoms with E-state index in [9.17, 15) is 4.79 Å². The van der Waals surface area contributed by atoms with E-state index in [1.807, 2.05) is 18.2 Å². The summed E-state index contributed by atoms with van der Waals surface area (Å²) in [5, 5.41) is 9.62. The first-order valence-electron chi connectivity index (χ1n) is 7.35. The van der Waals surface area contributed by atoms with Gasteiger partial charge < -0.3 is 20.9 Å². The Morgan fingerprint density at radius 2 is 2.15 bits per heavy atom. The van der Waals surface area contributed by atoms with Gasteiger partial charge in [0.2, 0.25) is 0 Å². The van der Waals surface area contributed by atoms with Crippen molar-refractivity contribution < 1.29 is 4.79 Å². The van der Waals surface area contributed by atoms with Crippen molar-refractivity contribution in [2.75, 3.05) is 43.9 Å². The molecule has 3 N–H and O–H groups in total. The van der Waals surface area contributed by atoms with Gasteiger partial charge in [0.25, 0.3) is 5.91 Å². The third kappa shape index (κ3) is 2.88. The number of nitrogens with zero attached hydrogens (tertiary/aromatic N) is 1. The summed E-state index contributed by atoms with van der Waals surface area (Å²) in [7, 11) is 2.12. The maximum atomic E-state index is 12.3. The highest BCUT2D eigenvalue weighted by Crippen LogP contribution is 2.28. The fourth-order valence-electron chi connectivity index (χ4n) is 2.60. The lowest BCUT2D eigenvalue weighted by molar-refractivity contribution is 0.0950. The first-order valence-corrected chi connectivity index (χ1v) is 7.35. The molecule has 0 radical (unpaired) electrons. The Balaban J connectivity index is 1.59. The number of anilines is 2. The molecule has 1 aliphatic heterocycles. The average molecular weight is 274 g/mol. The van der Waals surface area contributed by atoms with Gasteiger partial charge in [-0.1, -0.05) is 6.07 Å². The van der Waals surface area contributed by atoms with E-state index < -0.39 is 0 Å². The number of nitrogens with one attached hydrogen (secondary N) is 3. The zero-order chi connectivity index (χ0) is 13.9. The van der Waals surface area contributed by atoms with Gasteiger partial charge in [0.15, 0.2) is 0 Å². The molecule has 1 aromatic rings. The summed E-state index contributed by atoms with van der Waals surface area (Å²) in [4.78, 5) is 14.6. The van der Waals surface area contributed by atoms with Crippen LogP contribution >= 0.6 is 0 Å². The number of amides is 1. The van der Waals surface area contributed by atoms with E-state index >= 15 is 0 Å². The van der Waals surface area contributed by atoms with Crippen LogP contribution in [-0.2, 0) is 0 Å².